The van der Waals surface area contributed by atoms with E-state index in [9.17, 15) is 9.59 Å². The fraction of sp³-hybridized carbons (Fsp3) is 0.364. The van der Waals surface area contributed by atoms with Crippen LogP contribution < -0.4 is 16.8 Å². The Labute approximate surface area is 99.4 Å². The third-order valence-electron chi connectivity index (χ3n) is 2.16. The summed E-state index contributed by atoms with van der Waals surface area (Å²) < 4.78 is 0. The van der Waals surface area contributed by atoms with Gasteiger partial charge in [-0.3, -0.25) is 14.6 Å². The average molecular weight is 236 g/mol. The number of nitrogens with one attached hydrogen (secondary N) is 1. The van der Waals surface area contributed by atoms with E-state index in [0.717, 1.165) is 5.69 Å². The van der Waals surface area contributed by atoms with Crippen molar-refractivity contribution in [1.82, 2.24) is 10.3 Å². The monoisotopic (exact) mass is 236 g/mol. The molecule has 17 heavy (non-hydrogen) atoms. The van der Waals surface area contributed by atoms with Crippen molar-refractivity contribution < 1.29 is 9.59 Å². The largest absolute Gasteiger partial charge is 0.370 e. The molecule has 6 nitrogen and oxygen atoms in total. The number of rotatable bonds is 6. The fourth-order valence-electron chi connectivity index (χ4n) is 1.30. The van der Waals surface area contributed by atoms with Gasteiger partial charge in [0, 0.05) is 24.9 Å². The highest BCUT2D eigenvalue weighted by atomic mass is 16.2. The van der Waals surface area contributed by atoms with Gasteiger partial charge in [0.25, 0.3) is 0 Å². The average Bonchev–Trinajstić information content (AvgIpc) is 2.29. The lowest BCUT2D eigenvalue weighted by Gasteiger charge is -2.10. The zero-order valence-electron chi connectivity index (χ0n) is 9.43. The van der Waals surface area contributed by atoms with Gasteiger partial charge in [0.05, 0.1) is 12.5 Å². The van der Waals surface area contributed by atoms with E-state index in [1.165, 1.54) is 0 Å². The Bertz CT molecular complexity index is 380. The molecule has 0 aliphatic carbocycles. The van der Waals surface area contributed by atoms with E-state index in [-0.39, 0.29) is 12.3 Å². The Hall–Kier alpha value is -1.95. The Morgan fingerprint density at radius 2 is 2.18 bits per heavy atom. The van der Waals surface area contributed by atoms with Crippen LogP contribution in [0, 0.1) is 0 Å². The molecule has 0 saturated carbocycles. The molecule has 0 saturated heterocycles. The third-order valence-corrected chi connectivity index (χ3v) is 2.16. The third kappa shape index (κ3) is 5.07. The summed E-state index contributed by atoms with van der Waals surface area (Å²) in [6.07, 6.45) is 2.17. The van der Waals surface area contributed by atoms with E-state index in [1.807, 2.05) is 18.2 Å². The molecule has 0 spiro atoms. The number of nitrogens with two attached hydrogens (primary N) is 2. The van der Waals surface area contributed by atoms with Crippen molar-refractivity contribution in [2.45, 2.75) is 18.9 Å². The Balaban J connectivity index is 2.27. The summed E-state index contributed by atoms with van der Waals surface area (Å²) in [7, 11) is 0. The second kappa shape index (κ2) is 6.59. The number of primary amides is 1. The summed E-state index contributed by atoms with van der Waals surface area (Å²) in [5.41, 5.74) is 11.3. The number of pyridine rings is 1. The van der Waals surface area contributed by atoms with E-state index in [0.29, 0.717) is 13.0 Å². The number of hydrogen-bond donors (Lipinski definition) is 3. The molecule has 6 heteroatoms. The molecule has 0 aromatic carbocycles. The molecule has 1 aromatic heterocycles. The minimum atomic E-state index is -0.878. The Kier molecular flexibility index (Phi) is 5.09. The zero-order valence-corrected chi connectivity index (χ0v) is 9.43. The quantitative estimate of drug-likeness (QED) is 0.584. The van der Waals surface area contributed by atoms with Crippen molar-refractivity contribution >= 4 is 11.8 Å². The molecule has 0 bridgehead atoms. The molecule has 0 aliphatic rings. The smallest absolute Gasteiger partial charge is 0.237 e. The summed E-state index contributed by atoms with van der Waals surface area (Å²) in [6.45, 7) is 0.433. The van der Waals surface area contributed by atoms with Crippen molar-refractivity contribution in [1.29, 1.82) is 0 Å². The van der Waals surface area contributed by atoms with Crippen molar-refractivity contribution in [2.75, 3.05) is 6.54 Å². The van der Waals surface area contributed by atoms with Crippen molar-refractivity contribution in [3.63, 3.8) is 0 Å². The van der Waals surface area contributed by atoms with Crippen LogP contribution in [0.25, 0.3) is 0 Å². The van der Waals surface area contributed by atoms with Gasteiger partial charge in [-0.05, 0) is 12.1 Å². The molecule has 92 valence electrons. The minimum absolute atomic E-state index is 0.143. The molecule has 1 unspecified atom stereocenters. The molecule has 1 rings (SSSR count). The van der Waals surface area contributed by atoms with Crippen LogP contribution in [0.5, 0.6) is 0 Å². The van der Waals surface area contributed by atoms with Gasteiger partial charge in [-0.2, -0.15) is 0 Å². The van der Waals surface area contributed by atoms with E-state index in [2.05, 4.69) is 10.3 Å². The lowest BCUT2D eigenvalue weighted by molar-refractivity contribution is -0.126. The van der Waals surface area contributed by atoms with E-state index in [1.54, 1.807) is 6.20 Å². The second-order valence-corrected chi connectivity index (χ2v) is 3.64. The van der Waals surface area contributed by atoms with Crippen LogP contribution in [0.1, 0.15) is 12.1 Å². The van der Waals surface area contributed by atoms with Crippen LogP contribution in [0.15, 0.2) is 24.4 Å². The molecule has 0 fully saturated rings. The number of nitrogens with zero attached hydrogens (tertiary/aromatic N) is 1. The molecular weight excluding hydrogens is 220 g/mol. The first-order chi connectivity index (χ1) is 8.09. The maximum Gasteiger partial charge on any atom is 0.237 e. The molecule has 0 aliphatic heterocycles. The van der Waals surface area contributed by atoms with Gasteiger partial charge in [0.1, 0.15) is 0 Å². The number of aromatic nitrogens is 1. The Morgan fingerprint density at radius 3 is 2.76 bits per heavy atom. The topological polar surface area (TPSA) is 111 Å². The fourth-order valence-corrected chi connectivity index (χ4v) is 1.30. The van der Waals surface area contributed by atoms with Crippen molar-refractivity contribution in [3.8, 4) is 0 Å². The summed E-state index contributed by atoms with van der Waals surface area (Å²) in [4.78, 5) is 26.1. The van der Waals surface area contributed by atoms with Crippen LogP contribution in [-0.2, 0) is 16.0 Å². The van der Waals surface area contributed by atoms with Gasteiger partial charge in [-0.15, -0.1) is 0 Å². The molecule has 1 heterocycles. The predicted molar refractivity (Wildman–Crippen MR) is 62.7 cm³/mol. The lowest BCUT2D eigenvalue weighted by atomic mass is 10.2. The summed E-state index contributed by atoms with van der Waals surface area (Å²) in [6, 6.07) is 4.69. The van der Waals surface area contributed by atoms with Gasteiger partial charge >= 0.3 is 0 Å². The van der Waals surface area contributed by atoms with Crippen LogP contribution in [-0.4, -0.2) is 29.4 Å². The van der Waals surface area contributed by atoms with Crippen molar-refractivity contribution in [2.24, 2.45) is 11.5 Å². The summed E-state index contributed by atoms with van der Waals surface area (Å²) in [5.74, 6) is -0.961. The van der Waals surface area contributed by atoms with Crippen LogP contribution >= 0.6 is 0 Å². The maximum atomic E-state index is 11.4. The van der Waals surface area contributed by atoms with Gasteiger partial charge in [-0.1, -0.05) is 6.07 Å². The van der Waals surface area contributed by atoms with E-state index in [4.69, 9.17) is 11.5 Å². The number of carbonyl (C=O) groups is 2. The number of carbonyl (C=O) groups excluding carboxylic acids is 2. The van der Waals surface area contributed by atoms with Gasteiger partial charge < -0.3 is 16.8 Å². The maximum absolute atomic E-state index is 11.4. The molecule has 2 amide bonds. The molecule has 0 radical (unpaired) electrons. The molecule has 1 aromatic rings. The first-order valence-electron chi connectivity index (χ1n) is 5.31. The van der Waals surface area contributed by atoms with Gasteiger partial charge in [-0.25, -0.2) is 0 Å². The second-order valence-electron chi connectivity index (χ2n) is 3.64. The van der Waals surface area contributed by atoms with Crippen LogP contribution in [0.3, 0.4) is 0 Å². The highest BCUT2D eigenvalue weighted by molar-refractivity contribution is 5.87. The molecule has 1 atom stereocenters. The highest BCUT2D eigenvalue weighted by Crippen LogP contribution is 1.93. The van der Waals surface area contributed by atoms with E-state index >= 15 is 0 Å². The first kappa shape index (κ1) is 13.1. The minimum Gasteiger partial charge on any atom is -0.370 e. The Morgan fingerprint density at radius 1 is 1.41 bits per heavy atom. The summed E-state index contributed by atoms with van der Waals surface area (Å²) in [5, 5.41) is 2.62. The normalized spacial score (nSPS) is 11.8. The van der Waals surface area contributed by atoms with Crippen LogP contribution in [0.4, 0.5) is 0 Å². The van der Waals surface area contributed by atoms with Crippen LogP contribution in [0.2, 0.25) is 0 Å². The van der Waals surface area contributed by atoms with Gasteiger partial charge in [0.15, 0.2) is 0 Å². The van der Waals surface area contributed by atoms with Crippen molar-refractivity contribution in [3.05, 3.63) is 30.1 Å². The summed E-state index contributed by atoms with van der Waals surface area (Å²) >= 11 is 0. The SMILES string of the molecule is NC(=O)CC(N)C(=O)NCCc1ccccn1. The zero-order chi connectivity index (χ0) is 12.7. The predicted octanol–water partition coefficient (Wildman–Crippen LogP) is -1.06. The number of amides is 2. The molecular formula is C11H16N4O2. The van der Waals surface area contributed by atoms with E-state index < -0.39 is 11.9 Å². The standard InChI is InChI=1S/C11H16N4O2/c12-9(7-10(13)16)11(17)15-6-4-8-3-1-2-5-14-8/h1-3,5,9H,4,6-7,12H2,(H2,13,16)(H,15,17). The lowest BCUT2D eigenvalue weighted by Crippen LogP contribution is -2.43. The molecule has 5 N–H and O–H groups in total. The first-order valence-corrected chi connectivity index (χ1v) is 5.31. The number of hydrogen-bond acceptors (Lipinski definition) is 4. The highest BCUT2D eigenvalue weighted by Gasteiger charge is 2.14. The van der Waals surface area contributed by atoms with Gasteiger partial charge in [0.2, 0.25) is 11.8 Å².